The van der Waals surface area contributed by atoms with Gasteiger partial charge in [-0.15, -0.1) is 0 Å². The number of rotatable bonds is 2. The molecule has 4 nitrogen and oxygen atoms in total. The van der Waals surface area contributed by atoms with Gasteiger partial charge in [-0.2, -0.15) is 0 Å². The van der Waals surface area contributed by atoms with Crippen LogP contribution in [0.3, 0.4) is 0 Å². The smallest absolute Gasteiger partial charge is 0.303 e. The lowest BCUT2D eigenvalue weighted by Gasteiger charge is -2.57. The summed E-state index contributed by atoms with van der Waals surface area (Å²) in [5, 5.41) is 0. The van der Waals surface area contributed by atoms with Gasteiger partial charge in [0.1, 0.15) is 12.2 Å². The van der Waals surface area contributed by atoms with Crippen molar-refractivity contribution in [2.24, 2.45) is 28.6 Å². The first-order valence-corrected chi connectivity index (χ1v) is 11.4. The largest absolute Gasteiger partial charge is 0.462 e. The fourth-order valence-corrected chi connectivity index (χ4v) is 7.63. The van der Waals surface area contributed by atoms with Crippen LogP contribution in [0.1, 0.15) is 79.6 Å². The summed E-state index contributed by atoms with van der Waals surface area (Å²) in [6.07, 6.45) is 12.1. The molecule has 0 heterocycles. The monoisotopic (exact) mass is 400 g/mol. The van der Waals surface area contributed by atoms with E-state index in [1.807, 2.05) is 0 Å². The van der Waals surface area contributed by atoms with Crippen LogP contribution in [0.5, 0.6) is 0 Å². The first kappa shape index (κ1) is 20.7. The predicted octanol–water partition coefficient (Wildman–Crippen LogP) is 5.37. The molecule has 7 unspecified atom stereocenters. The third-order valence-corrected chi connectivity index (χ3v) is 8.87. The molecule has 0 radical (unpaired) electrons. The van der Waals surface area contributed by atoms with Crippen molar-refractivity contribution in [3.05, 3.63) is 23.3 Å². The average molecular weight is 401 g/mol. The number of hydrogen-bond acceptors (Lipinski definition) is 4. The van der Waals surface area contributed by atoms with Crippen LogP contribution in [0.2, 0.25) is 0 Å². The molecule has 0 spiro atoms. The first-order valence-electron chi connectivity index (χ1n) is 11.4. The van der Waals surface area contributed by atoms with E-state index in [2.05, 4.69) is 32.9 Å². The van der Waals surface area contributed by atoms with Gasteiger partial charge in [-0.1, -0.05) is 31.6 Å². The maximum Gasteiger partial charge on any atom is 0.303 e. The van der Waals surface area contributed by atoms with Gasteiger partial charge in [0.05, 0.1) is 0 Å². The number of ether oxygens (including phenoxy) is 2. The molecular formula is C25H36O4. The van der Waals surface area contributed by atoms with E-state index in [0.29, 0.717) is 17.8 Å². The van der Waals surface area contributed by atoms with E-state index < -0.39 is 0 Å². The summed E-state index contributed by atoms with van der Waals surface area (Å²) in [5.41, 5.74) is 3.22. The Morgan fingerprint density at radius 1 is 1.03 bits per heavy atom. The van der Waals surface area contributed by atoms with Crippen molar-refractivity contribution in [2.45, 2.75) is 91.8 Å². The van der Waals surface area contributed by atoms with Crippen molar-refractivity contribution in [1.82, 2.24) is 0 Å². The highest BCUT2D eigenvalue weighted by Crippen LogP contribution is 2.66. The van der Waals surface area contributed by atoms with E-state index in [9.17, 15) is 9.59 Å². The molecular weight excluding hydrogens is 364 g/mol. The van der Waals surface area contributed by atoms with Crippen molar-refractivity contribution in [2.75, 3.05) is 0 Å². The van der Waals surface area contributed by atoms with Crippen LogP contribution in [0.4, 0.5) is 0 Å². The Balaban J connectivity index is 1.61. The number of carbonyl (C=O) groups excluding carboxylic acids is 2. The number of allylic oxidation sites excluding steroid dienone is 2. The molecule has 29 heavy (non-hydrogen) atoms. The highest BCUT2D eigenvalue weighted by molar-refractivity contribution is 5.67. The highest BCUT2D eigenvalue weighted by atomic mass is 16.5. The molecule has 0 aliphatic heterocycles. The van der Waals surface area contributed by atoms with Crippen LogP contribution < -0.4 is 0 Å². The Labute approximate surface area is 175 Å². The van der Waals surface area contributed by atoms with Crippen molar-refractivity contribution >= 4 is 11.9 Å². The molecule has 0 aromatic rings. The van der Waals surface area contributed by atoms with E-state index in [0.717, 1.165) is 32.1 Å². The second-order valence-electron chi connectivity index (χ2n) is 10.3. The topological polar surface area (TPSA) is 52.6 Å². The van der Waals surface area contributed by atoms with Gasteiger partial charge in [-0.25, -0.2) is 0 Å². The molecule has 4 rings (SSSR count). The van der Waals surface area contributed by atoms with E-state index in [1.165, 1.54) is 37.8 Å². The molecule has 0 bridgehead atoms. The Morgan fingerprint density at radius 3 is 2.38 bits per heavy atom. The summed E-state index contributed by atoms with van der Waals surface area (Å²) in [4.78, 5) is 23.1. The van der Waals surface area contributed by atoms with Gasteiger partial charge in [-0.3, -0.25) is 9.59 Å². The summed E-state index contributed by atoms with van der Waals surface area (Å²) in [5.74, 6) is 1.55. The molecule has 4 heteroatoms. The summed E-state index contributed by atoms with van der Waals surface area (Å²) in [6.45, 7) is 10.0. The first-order chi connectivity index (χ1) is 13.7. The third-order valence-electron chi connectivity index (χ3n) is 8.87. The average Bonchev–Trinajstić information content (AvgIpc) is 2.92. The van der Waals surface area contributed by atoms with E-state index in [-0.39, 0.29) is 35.0 Å². The molecule has 7 atom stereocenters. The zero-order valence-electron chi connectivity index (χ0n) is 18.6. The van der Waals surface area contributed by atoms with E-state index in [4.69, 9.17) is 9.47 Å². The Kier molecular flexibility index (Phi) is 5.19. The number of fused-ring (bicyclic) bond motifs is 5. The molecule has 0 amide bonds. The Hall–Kier alpha value is -1.58. The zero-order chi connectivity index (χ0) is 21.0. The van der Waals surface area contributed by atoms with Gasteiger partial charge in [0.2, 0.25) is 0 Å². The van der Waals surface area contributed by atoms with Gasteiger partial charge in [-0.05, 0) is 79.6 Å². The van der Waals surface area contributed by atoms with Crippen LogP contribution in [0.15, 0.2) is 23.3 Å². The minimum absolute atomic E-state index is 0.0479. The van der Waals surface area contributed by atoms with Crippen LogP contribution in [0.25, 0.3) is 0 Å². The second kappa shape index (κ2) is 7.28. The van der Waals surface area contributed by atoms with Gasteiger partial charge in [0, 0.05) is 20.3 Å². The van der Waals surface area contributed by atoms with Gasteiger partial charge in [0.25, 0.3) is 0 Å². The molecule has 0 N–H and O–H groups in total. The predicted molar refractivity (Wildman–Crippen MR) is 112 cm³/mol. The highest BCUT2D eigenvalue weighted by Gasteiger charge is 2.59. The van der Waals surface area contributed by atoms with Crippen LogP contribution in [0, 0.1) is 28.6 Å². The standard InChI is InChI=1S/C25H36O4/c1-6-20-23(29-16(3)27)14-22-19-8-7-17-13-18(28-15(2)26)9-11-24(17,4)21(19)10-12-25(20,22)5/h6-7,18-19,21-23H,8-14H2,1-5H3/b20-6-. The molecule has 0 aromatic carbocycles. The van der Waals surface area contributed by atoms with Gasteiger partial charge >= 0.3 is 11.9 Å². The van der Waals surface area contributed by atoms with Crippen molar-refractivity contribution in [3.8, 4) is 0 Å². The minimum atomic E-state index is -0.172. The number of hydrogen-bond donors (Lipinski definition) is 0. The summed E-state index contributed by atoms with van der Waals surface area (Å²) >= 11 is 0. The van der Waals surface area contributed by atoms with Crippen molar-refractivity contribution in [3.63, 3.8) is 0 Å². The molecule has 3 fully saturated rings. The molecule has 160 valence electrons. The van der Waals surface area contributed by atoms with Crippen molar-refractivity contribution in [1.29, 1.82) is 0 Å². The van der Waals surface area contributed by atoms with Crippen LogP contribution >= 0.6 is 0 Å². The van der Waals surface area contributed by atoms with Crippen LogP contribution in [-0.2, 0) is 19.1 Å². The third kappa shape index (κ3) is 3.27. The summed E-state index contributed by atoms with van der Waals surface area (Å²) in [6, 6.07) is 0. The lowest BCUT2D eigenvalue weighted by molar-refractivity contribution is -0.148. The SMILES string of the molecule is C/C=C1/C(OC(C)=O)CC2C3CC=C4CC(OC(C)=O)CCC4(C)C3CCC12C. The fourth-order valence-electron chi connectivity index (χ4n) is 7.63. The van der Waals surface area contributed by atoms with Crippen LogP contribution in [-0.4, -0.2) is 24.1 Å². The lowest BCUT2D eigenvalue weighted by atomic mass is 9.48. The summed E-state index contributed by atoms with van der Waals surface area (Å²) in [7, 11) is 0. The maximum absolute atomic E-state index is 11.7. The van der Waals surface area contributed by atoms with Gasteiger partial charge in [0.15, 0.2) is 0 Å². The molecule has 0 aromatic heterocycles. The fraction of sp³-hybridized carbons (Fsp3) is 0.760. The molecule has 4 aliphatic carbocycles. The minimum Gasteiger partial charge on any atom is -0.462 e. The van der Waals surface area contributed by atoms with Crippen molar-refractivity contribution < 1.29 is 19.1 Å². The molecule has 0 saturated heterocycles. The zero-order valence-corrected chi connectivity index (χ0v) is 18.6. The summed E-state index contributed by atoms with van der Waals surface area (Å²) < 4.78 is 11.3. The number of esters is 2. The molecule has 4 aliphatic rings. The number of carbonyl (C=O) groups is 2. The normalized spacial score (nSPS) is 44.9. The van der Waals surface area contributed by atoms with Gasteiger partial charge < -0.3 is 9.47 Å². The maximum atomic E-state index is 11.7. The van der Waals surface area contributed by atoms with E-state index in [1.54, 1.807) is 0 Å². The Morgan fingerprint density at radius 2 is 1.72 bits per heavy atom. The second-order valence-corrected chi connectivity index (χ2v) is 10.3. The lowest BCUT2D eigenvalue weighted by Crippen LogP contribution is -2.49. The van der Waals surface area contributed by atoms with E-state index >= 15 is 0 Å². The Bertz CT molecular complexity index is 765. The molecule has 3 saturated carbocycles. The quantitative estimate of drug-likeness (QED) is 0.462.